The van der Waals surface area contributed by atoms with Crippen LogP contribution in [-0.4, -0.2) is 58.2 Å². The van der Waals surface area contributed by atoms with Gasteiger partial charge in [-0.25, -0.2) is 9.97 Å². The minimum absolute atomic E-state index is 0.0298. The first-order valence-corrected chi connectivity index (χ1v) is 8.85. The number of carbonyl (C=O) groups is 1. The first-order chi connectivity index (χ1) is 11.5. The number of aromatic nitrogens is 2. The number of aryl methyl sites for hydroxylation is 1. The lowest BCUT2D eigenvalue weighted by atomic mass is 10.0. The summed E-state index contributed by atoms with van der Waals surface area (Å²) in [6.07, 6.45) is 2.55. The maximum Gasteiger partial charge on any atom is 0.227 e. The van der Waals surface area contributed by atoms with Crippen molar-refractivity contribution < 1.29 is 9.90 Å². The highest BCUT2D eigenvalue weighted by molar-refractivity contribution is 7.10. The van der Waals surface area contributed by atoms with Crippen molar-refractivity contribution >= 4 is 23.1 Å². The summed E-state index contributed by atoms with van der Waals surface area (Å²) in [5.74, 6) is 0.855. The molecular formula is C17H22N4O2S. The summed E-state index contributed by atoms with van der Waals surface area (Å²) in [5, 5.41) is 12.8. The van der Waals surface area contributed by atoms with Crippen LogP contribution in [0.3, 0.4) is 0 Å². The van der Waals surface area contributed by atoms with Crippen LogP contribution in [0.2, 0.25) is 0 Å². The fraction of sp³-hybridized carbons (Fsp3) is 0.471. The minimum Gasteiger partial charge on any atom is -0.386 e. The van der Waals surface area contributed by atoms with Crippen molar-refractivity contribution in [3.8, 4) is 0 Å². The summed E-state index contributed by atoms with van der Waals surface area (Å²) in [5.41, 5.74) is -0.00249. The highest BCUT2D eigenvalue weighted by atomic mass is 32.1. The number of thiophene rings is 1. The van der Waals surface area contributed by atoms with Crippen LogP contribution in [0.15, 0.2) is 29.9 Å². The van der Waals surface area contributed by atoms with Gasteiger partial charge in [0.15, 0.2) is 0 Å². The predicted molar refractivity (Wildman–Crippen MR) is 94.2 cm³/mol. The Morgan fingerprint density at radius 1 is 1.50 bits per heavy atom. The van der Waals surface area contributed by atoms with Crippen LogP contribution < -0.4 is 4.90 Å². The molecule has 0 radical (unpaired) electrons. The van der Waals surface area contributed by atoms with E-state index in [1.54, 1.807) is 29.6 Å². The molecule has 6 nitrogen and oxygen atoms in total. The molecule has 1 amide bonds. The highest BCUT2D eigenvalue weighted by Gasteiger charge is 2.38. The van der Waals surface area contributed by atoms with Crippen molar-refractivity contribution in [3.05, 3.63) is 40.5 Å². The maximum atomic E-state index is 12.3. The van der Waals surface area contributed by atoms with E-state index in [1.807, 2.05) is 35.4 Å². The molecule has 1 unspecified atom stereocenters. The third-order valence-corrected chi connectivity index (χ3v) is 5.18. The average Bonchev–Trinajstić information content (AvgIpc) is 3.17. The van der Waals surface area contributed by atoms with Crippen molar-refractivity contribution in [1.82, 2.24) is 14.9 Å². The minimum atomic E-state index is -0.904. The molecule has 7 heteroatoms. The number of β-amino-alcohol motifs (C(OH)–C–C–N with tert-alkyl or cyclic N) is 1. The summed E-state index contributed by atoms with van der Waals surface area (Å²) in [4.78, 5) is 25.4. The smallest absolute Gasteiger partial charge is 0.227 e. The fourth-order valence-corrected chi connectivity index (χ4v) is 3.72. The molecule has 0 bridgehead atoms. The summed E-state index contributed by atoms with van der Waals surface area (Å²) >= 11 is 1.58. The van der Waals surface area contributed by atoms with Crippen LogP contribution in [0.25, 0.3) is 0 Å². The van der Waals surface area contributed by atoms with Crippen LogP contribution in [0.4, 0.5) is 5.82 Å². The average molecular weight is 346 g/mol. The first kappa shape index (κ1) is 16.9. The molecule has 1 fully saturated rings. The van der Waals surface area contributed by atoms with E-state index in [0.717, 1.165) is 22.9 Å². The molecule has 2 aromatic heterocycles. The Balaban J connectivity index is 1.59. The van der Waals surface area contributed by atoms with E-state index >= 15 is 0 Å². The van der Waals surface area contributed by atoms with E-state index in [1.165, 1.54) is 0 Å². The van der Waals surface area contributed by atoms with Crippen LogP contribution in [0.5, 0.6) is 0 Å². The number of rotatable bonds is 5. The second-order valence-electron chi connectivity index (χ2n) is 6.42. The van der Waals surface area contributed by atoms with Crippen molar-refractivity contribution in [2.24, 2.45) is 0 Å². The number of hydrogen-bond acceptors (Lipinski definition) is 6. The van der Waals surface area contributed by atoms with Crippen molar-refractivity contribution in [2.75, 3.05) is 31.6 Å². The Morgan fingerprint density at radius 2 is 2.33 bits per heavy atom. The lowest BCUT2D eigenvalue weighted by molar-refractivity contribution is -0.132. The second kappa shape index (κ2) is 6.86. The zero-order valence-corrected chi connectivity index (χ0v) is 14.8. The molecule has 0 spiro atoms. The molecule has 1 atom stereocenters. The molecular weight excluding hydrogens is 324 g/mol. The topological polar surface area (TPSA) is 69.6 Å². The second-order valence-corrected chi connectivity index (χ2v) is 7.45. The Morgan fingerprint density at radius 3 is 3.04 bits per heavy atom. The quantitative estimate of drug-likeness (QED) is 0.888. The predicted octanol–water partition coefficient (Wildman–Crippen LogP) is 1.49. The molecule has 1 N–H and O–H groups in total. The molecule has 24 heavy (non-hydrogen) atoms. The van der Waals surface area contributed by atoms with Crippen molar-refractivity contribution in [3.63, 3.8) is 0 Å². The van der Waals surface area contributed by atoms with E-state index < -0.39 is 5.60 Å². The van der Waals surface area contributed by atoms with Gasteiger partial charge in [0.2, 0.25) is 5.91 Å². The number of nitrogens with zero attached hydrogens (tertiary/aromatic N) is 4. The van der Waals surface area contributed by atoms with Gasteiger partial charge >= 0.3 is 0 Å². The van der Waals surface area contributed by atoms with Crippen LogP contribution in [0, 0.1) is 6.92 Å². The van der Waals surface area contributed by atoms with Crippen LogP contribution in [0.1, 0.15) is 17.0 Å². The van der Waals surface area contributed by atoms with E-state index in [9.17, 15) is 9.90 Å². The Kier molecular flexibility index (Phi) is 4.82. The number of amides is 1. The molecule has 1 aliphatic rings. The lowest BCUT2D eigenvalue weighted by Crippen LogP contribution is -2.46. The van der Waals surface area contributed by atoms with Gasteiger partial charge in [0, 0.05) is 36.8 Å². The molecule has 0 aromatic carbocycles. The number of likely N-dealkylation sites (N-methyl/N-ethyl adjacent to an activating group) is 1. The van der Waals surface area contributed by atoms with Gasteiger partial charge in [-0.15, -0.1) is 11.3 Å². The summed E-state index contributed by atoms with van der Waals surface area (Å²) in [6.45, 7) is 3.45. The third kappa shape index (κ3) is 3.91. The number of aliphatic hydroxyl groups is 1. The highest BCUT2D eigenvalue weighted by Crippen LogP contribution is 2.26. The molecule has 3 rings (SSSR count). The van der Waals surface area contributed by atoms with E-state index in [-0.39, 0.29) is 5.91 Å². The van der Waals surface area contributed by atoms with Gasteiger partial charge in [-0.05, 0) is 24.8 Å². The van der Waals surface area contributed by atoms with Gasteiger partial charge in [-0.2, -0.15) is 0 Å². The molecule has 0 saturated carbocycles. The maximum absolute atomic E-state index is 12.3. The molecule has 2 aromatic rings. The van der Waals surface area contributed by atoms with Crippen LogP contribution in [-0.2, 0) is 11.2 Å². The monoisotopic (exact) mass is 346 g/mol. The number of hydrogen-bond donors (Lipinski definition) is 1. The number of carbonyl (C=O) groups excluding carboxylic acids is 1. The summed E-state index contributed by atoms with van der Waals surface area (Å²) in [7, 11) is 1.76. The lowest BCUT2D eigenvalue weighted by Gasteiger charge is -2.29. The van der Waals surface area contributed by atoms with Gasteiger partial charge in [0.1, 0.15) is 17.7 Å². The van der Waals surface area contributed by atoms with E-state index in [2.05, 4.69) is 9.97 Å². The van der Waals surface area contributed by atoms with Gasteiger partial charge in [-0.1, -0.05) is 6.07 Å². The normalized spacial score (nSPS) is 20.4. The molecule has 1 saturated heterocycles. The number of anilines is 1. The van der Waals surface area contributed by atoms with Gasteiger partial charge < -0.3 is 14.9 Å². The van der Waals surface area contributed by atoms with Crippen molar-refractivity contribution in [1.29, 1.82) is 0 Å². The fourth-order valence-electron chi connectivity index (χ4n) is 3.02. The third-order valence-electron chi connectivity index (χ3n) is 4.31. The molecule has 1 aliphatic heterocycles. The van der Waals surface area contributed by atoms with Gasteiger partial charge in [0.25, 0.3) is 0 Å². The molecule has 0 aliphatic carbocycles. The molecule has 3 heterocycles. The molecule has 128 valence electrons. The zero-order valence-electron chi connectivity index (χ0n) is 14.0. The summed E-state index contributed by atoms with van der Waals surface area (Å²) < 4.78 is 0. The Bertz CT molecular complexity index is 706. The Labute approximate surface area is 145 Å². The SMILES string of the molecule is Cc1cc(N2CCC(O)(CN(C)C(=O)Cc3cccs3)C2)ncn1. The van der Waals surface area contributed by atoms with E-state index in [4.69, 9.17) is 0 Å². The van der Waals surface area contributed by atoms with Crippen LogP contribution >= 0.6 is 11.3 Å². The van der Waals surface area contributed by atoms with Crippen molar-refractivity contribution in [2.45, 2.75) is 25.4 Å². The van der Waals surface area contributed by atoms with E-state index in [0.29, 0.717) is 25.9 Å². The largest absolute Gasteiger partial charge is 0.386 e. The standard InChI is InChI=1S/C17H22N4O2S/c1-13-8-15(19-12-18-13)21-6-5-17(23,11-21)10-20(2)16(22)9-14-4-3-7-24-14/h3-4,7-8,12,23H,5-6,9-11H2,1-2H3. The first-order valence-electron chi connectivity index (χ1n) is 7.97. The van der Waals surface area contributed by atoms with Gasteiger partial charge in [-0.3, -0.25) is 4.79 Å². The zero-order chi connectivity index (χ0) is 17.2. The summed E-state index contributed by atoms with van der Waals surface area (Å²) in [6, 6.07) is 5.82. The Hall–Kier alpha value is -1.99. The van der Waals surface area contributed by atoms with Gasteiger partial charge in [0.05, 0.1) is 13.0 Å².